The van der Waals surface area contributed by atoms with Gasteiger partial charge < -0.3 is 4.90 Å². The van der Waals surface area contributed by atoms with Gasteiger partial charge in [0.05, 0.1) is 5.92 Å². The van der Waals surface area contributed by atoms with E-state index in [0.717, 1.165) is 5.56 Å². The number of carbonyl (C=O) groups is 3. The van der Waals surface area contributed by atoms with E-state index in [9.17, 15) is 19.6 Å². The molecule has 0 bridgehead atoms. The minimum absolute atomic E-state index is 0.0105. The zero-order chi connectivity index (χ0) is 26.0. The molecule has 1 unspecified atom stereocenters. The van der Waals surface area contributed by atoms with Gasteiger partial charge in [-0.15, -0.1) is 0 Å². The van der Waals surface area contributed by atoms with Crippen molar-refractivity contribution in [2.24, 2.45) is 28.2 Å². The summed E-state index contributed by atoms with van der Waals surface area (Å²) in [4.78, 5) is 42.2. The Hall–Kier alpha value is -3.24. The number of amides is 2. The van der Waals surface area contributed by atoms with Crippen LogP contribution in [0.4, 0.5) is 0 Å². The first-order chi connectivity index (χ1) is 16.7. The SMILES string of the molecule is CCCC(CC(C)C)(C(=O)NN)C(=O)[C@@H]([C@H](C/C=C/c1ccccc1)C(=O)NO)N1CN(C)C=N1. The Kier molecular flexibility index (Phi) is 10.4. The topological polar surface area (TPSA) is 140 Å². The van der Waals surface area contributed by atoms with Crippen molar-refractivity contribution in [3.05, 3.63) is 42.0 Å². The first-order valence-corrected chi connectivity index (χ1v) is 11.9. The largest absolute Gasteiger partial charge is 0.345 e. The van der Waals surface area contributed by atoms with Crippen LogP contribution in [-0.2, 0) is 14.4 Å². The predicted molar refractivity (Wildman–Crippen MR) is 134 cm³/mol. The fraction of sp³-hybridized carbons (Fsp3) is 0.520. The van der Waals surface area contributed by atoms with Gasteiger partial charge in [-0.05, 0) is 30.7 Å². The molecule has 0 aliphatic carbocycles. The van der Waals surface area contributed by atoms with Gasteiger partial charge in [0.15, 0.2) is 5.78 Å². The molecule has 1 aliphatic rings. The summed E-state index contributed by atoms with van der Waals surface area (Å²) in [6.45, 7) is 6.00. The summed E-state index contributed by atoms with van der Waals surface area (Å²) in [6, 6.07) is 8.43. The highest BCUT2D eigenvalue weighted by Crippen LogP contribution is 2.38. The molecule has 2 amide bonds. The second kappa shape index (κ2) is 13.0. The molecule has 192 valence electrons. The van der Waals surface area contributed by atoms with E-state index in [2.05, 4.69) is 10.5 Å². The smallest absolute Gasteiger partial charge is 0.249 e. The maximum Gasteiger partial charge on any atom is 0.249 e. The molecule has 0 fully saturated rings. The molecule has 3 atom stereocenters. The number of nitrogens with two attached hydrogens (primary N) is 1. The second-order valence-corrected chi connectivity index (χ2v) is 9.41. The van der Waals surface area contributed by atoms with Gasteiger partial charge in [0.25, 0.3) is 0 Å². The average Bonchev–Trinajstić information content (AvgIpc) is 3.27. The van der Waals surface area contributed by atoms with Crippen molar-refractivity contribution >= 4 is 30.0 Å². The molecule has 0 aromatic heterocycles. The normalized spacial score (nSPS) is 16.9. The van der Waals surface area contributed by atoms with E-state index in [4.69, 9.17) is 5.84 Å². The number of nitrogens with one attached hydrogen (secondary N) is 2. The molecule has 35 heavy (non-hydrogen) atoms. The number of carbonyl (C=O) groups excluding carboxylic acids is 3. The number of hydrazone groups is 1. The molecule has 1 aromatic carbocycles. The van der Waals surface area contributed by atoms with Gasteiger partial charge in [-0.2, -0.15) is 5.10 Å². The Morgan fingerprint density at radius 3 is 2.46 bits per heavy atom. The molecule has 10 nitrogen and oxygen atoms in total. The highest BCUT2D eigenvalue weighted by molar-refractivity contribution is 6.09. The van der Waals surface area contributed by atoms with Crippen molar-refractivity contribution in [2.45, 2.75) is 52.5 Å². The predicted octanol–water partition coefficient (Wildman–Crippen LogP) is 2.12. The first-order valence-electron chi connectivity index (χ1n) is 11.9. The van der Waals surface area contributed by atoms with E-state index in [1.54, 1.807) is 29.8 Å². The number of benzene rings is 1. The minimum atomic E-state index is -1.45. The van der Waals surface area contributed by atoms with Crippen molar-refractivity contribution in [3.63, 3.8) is 0 Å². The molecular weight excluding hydrogens is 448 g/mol. The first kappa shape index (κ1) is 28.0. The van der Waals surface area contributed by atoms with Crippen LogP contribution < -0.4 is 16.7 Å². The van der Waals surface area contributed by atoms with Gasteiger partial charge >= 0.3 is 0 Å². The number of hydrazine groups is 1. The van der Waals surface area contributed by atoms with Crippen LogP contribution in [0.2, 0.25) is 0 Å². The van der Waals surface area contributed by atoms with Gasteiger partial charge in [0, 0.05) is 7.05 Å². The molecule has 0 radical (unpaired) electrons. The fourth-order valence-electron chi connectivity index (χ4n) is 4.71. The number of hydrogen-bond donors (Lipinski definition) is 4. The Morgan fingerprint density at radius 2 is 1.94 bits per heavy atom. The quantitative estimate of drug-likeness (QED) is 0.110. The Balaban J connectivity index is 2.56. The summed E-state index contributed by atoms with van der Waals surface area (Å²) in [5.41, 5.74) is 3.38. The fourth-order valence-corrected chi connectivity index (χ4v) is 4.71. The standard InChI is InChI=1S/C25H38N6O4/c1-5-14-25(15-18(2)3,24(34)28-26)22(32)21(31-17-30(4)16-27-31)20(23(33)29-35)13-9-12-19-10-7-6-8-11-19/h6-12,16,18,20-21,35H,5,13-15,17,26H2,1-4H3,(H,28,34)(H,29,33)/b12-9+/t20-,21+,25?/m0/s1. The molecule has 5 N–H and O–H groups in total. The number of nitrogens with zero attached hydrogens (tertiary/aromatic N) is 3. The van der Waals surface area contributed by atoms with Crippen LogP contribution in [0.15, 0.2) is 41.5 Å². The van der Waals surface area contributed by atoms with Crippen LogP contribution in [0.1, 0.15) is 52.0 Å². The lowest BCUT2D eigenvalue weighted by Gasteiger charge is -2.39. The van der Waals surface area contributed by atoms with Gasteiger partial charge in [0.1, 0.15) is 24.5 Å². The van der Waals surface area contributed by atoms with Gasteiger partial charge in [0.2, 0.25) is 11.8 Å². The number of Topliss-reactive ketones (excluding diaryl/α,β-unsaturated/α-hetero) is 1. The molecule has 0 spiro atoms. The highest BCUT2D eigenvalue weighted by atomic mass is 16.5. The van der Waals surface area contributed by atoms with Crippen LogP contribution >= 0.6 is 0 Å². The molecule has 2 rings (SSSR count). The number of hydrogen-bond acceptors (Lipinski definition) is 8. The van der Waals surface area contributed by atoms with Crippen molar-refractivity contribution in [1.29, 1.82) is 0 Å². The zero-order valence-corrected chi connectivity index (χ0v) is 21.0. The maximum absolute atomic E-state index is 14.3. The maximum atomic E-state index is 14.3. The Bertz CT molecular complexity index is 920. The Labute approximate surface area is 207 Å². The van der Waals surface area contributed by atoms with E-state index in [1.807, 2.05) is 57.2 Å². The van der Waals surface area contributed by atoms with Crippen LogP contribution in [0.3, 0.4) is 0 Å². The lowest BCUT2D eigenvalue weighted by molar-refractivity contribution is -0.153. The van der Waals surface area contributed by atoms with E-state index in [-0.39, 0.29) is 31.8 Å². The van der Waals surface area contributed by atoms with Crippen LogP contribution in [-0.4, -0.2) is 58.8 Å². The summed E-state index contributed by atoms with van der Waals surface area (Å²) < 4.78 is 0. The van der Waals surface area contributed by atoms with Crippen molar-refractivity contribution < 1.29 is 19.6 Å². The summed E-state index contributed by atoms with van der Waals surface area (Å²) >= 11 is 0. The zero-order valence-electron chi connectivity index (χ0n) is 21.0. The van der Waals surface area contributed by atoms with E-state index < -0.39 is 35.0 Å². The van der Waals surface area contributed by atoms with Gasteiger partial charge in [-0.25, -0.2) is 11.3 Å². The molecule has 1 aliphatic heterocycles. The molecule has 1 aromatic rings. The van der Waals surface area contributed by atoms with E-state index in [0.29, 0.717) is 6.42 Å². The third kappa shape index (κ3) is 6.89. The van der Waals surface area contributed by atoms with E-state index >= 15 is 0 Å². The summed E-state index contributed by atoms with van der Waals surface area (Å²) in [5, 5.41) is 15.4. The van der Waals surface area contributed by atoms with Crippen molar-refractivity contribution in [3.8, 4) is 0 Å². The van der Waals surface area contributed by atoms with E-state index in [1.165, 1.54) is 5.01 Å². The number of hydroxylamine groups is 1. The Morgan fingerprint density at radius 1 is 1.26 bits per heavy atom. The lowest BCUT2D eigenvalue weighted by Crippen LogP contribution is -2.59. The molecular formula is C25H38N6O4. The number of allylic oxidation sites excluding steroid dienone is 1. The summed E-state index contributed by atoms with van der Waals surface area (Å²) in [7, 11) is 1.79. The third-order valence-corrected chi connectivity index (χ3v) is 6.15. The second-order valence-electron chi connectivity index (χ2n) is 9.41. The minimum Gasteiger partial charge on any atom is -0.345 e. The average molecular weight is 487 g/mol. The van der Waals surface area contributed by atoms with Crippen LogP contribution in [0, 0.1) is 17.3 Å². The van der Waals surface area contributed by atoms with Crippen LogP contribution in [0.25, 0.3) is 6.08 Å². The third-order valence-electron chi connectivity index (χ3n) is 6.15. The number of ketones is 1. The summed E-state index contributed by atoms with van der Waals surface area (Å²) in [6.07, 6.45) is 6.42. The van der Waals surface area contributed by atoms with Crippen LogP contribution in [0.5, 0.6) is 0 Å². The molecule has 10 heteroatoms. The van der Waals surface area contributed by atoms with Gasteiger partial charge in [-0.1, -0.05) is 69.7 Å². The number of rotatable bonds is 13. The summed E-state index contributed by atoms with van der Waals surface area (Å²) in [5.74, 6) is 2.80. The van der Waals surface area contributed by atoms with Crippen molar-refractivity contribution in [1.82, 2.24) is 20.8 Å². The highest BCUT2D eigenvalue weighted by Gasteiger charge is 2.52. The lowest BCUT2D eigenvalue weighted by atomic mass is 9.68. The molecule has 0 saturated heterocycles. The monoisotopic (exact) mass is 486 g/mol. The van der Waals surface area contributed by atoms with Crippen molar-refractivity contribution in [2.75, 3.05) is 13.7 Å². The van der Waals surface area contributed by atoms with Gasteiger partial charge in [-0.3, -0.25) is 30.0 Å². The molecule has 0 saturated carbocycles. The molecule has 1 heterocycles.